The van der Waals surface area contributed by atoms with Gasteiger partial charge in [-0.15, -0.1) is 0 Å². The molecule has 2 aromatic carbocycles. The molecule has 0 unspecified atom stereocenters. The van der Waals surface area contributed by atoms with Gasteiger partial charge in [0.2, 0.25) is 0 Å². The van der Waals surface area contributed by atoms with Crippen molar-refractivity contribution in [1.82, 2.24) is 9.80 Å². The van der Waals surface area contributed by atoms with Gasteiger partial charge in [0.1, 0.15) is 0 Å². The topological polar surface area (TPSA) is 52.7 Å². The molecular weight excluding hydrogens is 565 g/mol. The standard InChI is InChI=1S/C23H28F3IN3O2P/c1-16-4-5-17(12-21(16)27)22(31)28-19-7-6-18(20(13-19)23(24,25)26)14-29-8-10-30(11-9-29)15-33(2,3)32/h4-7,12-13H,8-11,14-15H2,1-3H3,(H,28,31). The number of amides is 1. The maximum Gasteiger partial charge on any atom is 0.416 e. The van der Waals surface area contributed by atoms with Crippen molar-refractivity contribution in [1.29, 1.82) is 0 Å². The second-order valence-electron chi connectivity index (χ2n) is 8.90. The van der Waals surface area contributed by atoms with Crippen molar-refractivity contribution in [2.75, 3.05) is 51.1 Å². The van der Waals surface area contributed by atoms with Crippen LogP contribution in [0.2, 0.25) is 0 Å². The Bertz CT molecular complexity index is 1060. The summed E-state index contributed by atoms with van der Waals surface area (Å²) in [5, 5.41) is 2.59. The van der Waals surface area contributed by atoms with Crippen molar-refractivity contribution in [3.63, 3.8) is 0 Å². The van der Waals surface area contributed by atoms with Crippen LogP contribution in [0.4, 0.5) is 18.9 Å². The third-order valence-electron chi connectivity index (χ3n) is 5.51. The molecule has 1 fully saturated rings. The highest BCUT2D eigenvalue weighted by Gasteiger charge is 2.34. The molecular formula is C23H28F3IN3O2P. The molecule has 0 atom stereocenters. The third-order valence-corrected chi connectivity index (χ3v) is 7.75. The van der Waals surface area contributed by atoms with Crippen LogP contribution in [0.15, 0.2) is 36.4 Å². The summed E-state index contributed by atoms with van der Waals surface area (Å²) in [5.41, 5.74) is 0.959. The lowest BCUT2D eigenvalue weighted by atomic mass is 10.0. The minimum absolute atomic E-state index is 0.109. The monoisotopic (exact) mass is 593 g/mol. The van der Waals surface area contributed by atoms with Crippen molar-refractivity contribution in [3.8, 4) is 0 Å². The lowest BCUT2D eigenvalue weighted by Gasteiger charge is -2.35. The number of halogens is 4. The summed E-state index contributed by atoms with van der Waals surface area (Å²) >= 11 is 2.12. The smallest absolute Gasteiger partial charge is 0.323 e. The van der Waals surface area contributed by atoms with E-state index in [0.717, 1.165) is 15.2 Å². The van der Waals surface area contributed by atoms with Gasteiger partial charge in [-0.1, -0.05) is 12.1 Å². The van der Waals surface area contributed by atoms with E-state index in [1.807, 2.05) is 11.8 Å². The number of anilines is 1. The van der Waals surface area contributed by atoms with Crippen molar-refractivity contribution in [3.05, 3.63) is 62.2 Å². The van der Waals surface area contributed by atoms with Gasteiger partial charge < -0.3 is 9.88 Å². The number of carbonyl (C=O) groups excluding carboxylic acids is 1. The Labute approximate surface area is 206 Å². The van der Waals surface area contributed by atoms with Crippen LogP contribution < -0.4 is 5.32 Å². The molecule has 0 saturated carbocycles. The molecule has 3 rings (SSSR count). The lowest BCUT2D eigenvalue weighted by Crippen LogP contribution is -2.46. The molecule has 1 amide bonds. The van der Waals surface area contributed by atoms with E-state index in [9.17, 15) is 22.5 Å². The molecule has 0 spiro atoms. The zero-order chi connectivity index (χ0) is 24.4. The number of nitrogens with one attached hydrogen (secondary N) is 1. The fraction of sp³-hybridized carbons (Fsp3) is 0.435. The first-order valence-electron chi connectivity index (χ1n) is 10.6. The first-order chi connectivity index (χ1) is 15.3. The van der Waals surface area contributed by atoms with E-state index < -0.39 is 24.8 Å². The minimum atomic E-state index is -4.53. The maximum absolute atomic E-state index is 13.8. The molecule has 33 heavy (non-hydrogen) atoms. The van der Waals surface area contributed by atoms with Crippen molar-refractivity contribution in [2.45, 2.75) is 19.6 Å². The van der Waals surface area contributed by atoms with Crippen LogP contribution in [0.1, 0.15) is 27.0 Å². The molecule has 1 N–H and O–H groups in total. The molecule has 0 aliphatic carbocycles. The number of nitrogens with zero attached hydrogens (tertiary/aromatic N) is 2. The summed E-state index contributed by atoms with van der Waals surface area (Å²) in [6.45, 7) is 8.16. The normalized spacial score (nSPS) is 16.1. The molecule has 180 valence electrons. The quantitative estimate of drug-likeness (QED) is 0.352. The summed E-state index contributed by atoms with van der Waals surface area (Å²) in [6, 6.07) is 9.13. The average Bonchev–Trinajstić information content (AvgIpc) is 2.70. The zero-order valence-corrected chi connectivity index (χ0v) is 21.9. The summed E-state index contributed by atoms with van der Waals surface area (Å²) in [7, 11) is -2.17. The summed E-state index contributed by atoms with van der Waals surface area (Å²) in [4.78, 5) is 16.6. The van der Waals surface area contributed by atoms with Gasteiger partial charge in [-0.3, -0.25) is 14.6 Å². The Morgan fingerprint density at radius 1 is 1.06 bits per heavy atom. The van der Waals surface area contributed by atoms with E-state index in [1.165, 1.54) is 12.1 Å². The van der Waals surface area contributed by atoms with Gasteiger partial charge in [-0.25, -0.2) is 0 Å². The molecule has 1 aliphatic rings. The van der Waals surface area contributed by atoms with Gasteiger partial charge in [-0.05, 0) is 78.2 Å². The van der Waals surface area contributed by atoms with Crippen LogP contribution in [0.3, 0.4) is 0 Å². The first kappa shape index (κ1) is 26.2. The van der Waals surface area contributed by atoms with Gasteiger partial charge in [0, 0.05) is 47.5 Å². The molecule has 0 aromatic heterocycles. The number of hydrogen-bond donors (Lipinski definition) is 1. The Hall–Kier alpha value is -1.42. The molecule has 1 saturated heterocycles. The Balaban J connectivity index is 1.71. The fourth-order valence-electron chi connectivity index (χ4n) is 3.80. The van der Waals surface area contributed by atoms with E-state index in [0.29, 0.717) is 38.0 Å². The number of alkyl halides is 3. The number of benzene rings is 2. The molecule has 2 aromatic rings. The van der Waals surface area contributed by atoms with Crippen LogP contribution in [0.5, 0.6) is 0 Å². The fourth-order valence-corrected chi connectivity index (χ4v) is 5.57. The number of piperazine rings is 1. The SMILES string of the molecule is Cc1ccc(C(=O)Nc2ccc(CN3CCN(CP(C)(C)=O)CC3)c(C(F)(F)F)c2)cc1I. The lowest BCUT2D eigenvalue weighted by molar-refractivity contribution is -0.138. The van der Waals surface area contributed by atoms with Gasteiger partial charge in [0.15, 0.2) is 0 Å². The molecule has 0 radical (unpaired) electrons. The maximum atomic E-state index is 13.8. The van der Waals surface area contributed by atoms with Gasteiger partial charge in [-0.2, -0.15) is 13.2 Å². The molecule has 10 heteroatoms. The first-order valence-corrected chi connectivity index (χ1v) is 14.4. The number of aryl methyl sites for hydroxylation is 1. The van der Waals surface area contributed by atoms with Gasteiger partial charge >= 0.3 is 6.18 Å². The predicted octanol–water partition coefficient (Wildman–Crippen LogP) is 5.57. The third kappa shape index (κ3) is 7.53. The number of rotatable bonds is 6. The van der Waals surface area contributed by atoms with Crippen LogP contribution in [0.25, 0.3) is 0 Å². The van der Waals surface area contributed by atoms with Crippen LogP contribution >= 0.6 is 29.7 Å². The summed E-state index contributed by atoms with van der Waals surface area (Å²) in [6.07, 6.45) is -4.00. The van der Waals surface area contributed by atoms with E-state index >= 15 is 0 Å². The zero-order valence-electron chi connectivity index (χ0n) is 18.9. The minimum Gasteiger partial charge on any atom is -0.323 e. The summed E-state index contributed by atoms with van der Waals surface area (Å²) < 4.78 is 54.4. The van der Waals surface area contributed by atoms with Crippen molar-refractivity contribution in [2.24, 2.45) is 0 Å². The summed E-state index contributed by atoms with van der Waals surface area (Å²) in [5.74, 6) is -0.450. The van der Waals surface area contributed by atoms with E-state index in [1.54, 1.807) is 31.5 Å². The highest BCUT2D eigenvalue weighted by molar-refractivity contribution is 14.1. The second-order valence-corrected chi connectivity index (χ2v) is 13.5. The largest absolute Gasteiger partial charge is 0.416 e. The number of carbonyl (C=O) groups is 1. The Kier molecular flexibility index (Phi) is 8.30. The highest BCUT2D eigenvalue weighted by atomic mass is 127. The van der Waals surface area contributed by atoms with Crippen molar-refractivity contribution < 1.29 is 22.5 Å². The number of hydrogen-bond acceptors (Lipinski definition) is 4. The van der Waals surface area contributed by atoms with E-state index in [2.05, 4.69) is 32.8 Å². The molecule has 1 heterocycles. The van der Waals surface area contributed by atoms with E-state index in [-0.39, 0.29) is 17.8 Å². The van der Waals surface area contributed by atoms with Crippen molar-refractivity contribution >= 4 is 41.3 Å². The Morgan fingerprint density at radius 3 is 2.27 bits per heavy atom. The molecule has 5 nitrogen and oxygen atoms in total. The van der Waals surface area contributed by atoms with E-state index in [4.69, 9.17) is 0 Å². The van der Waals surface area contributed by atoms with Gasteiger partial charge in [0.25, 0.3) is 5.91 Å². The Morgan fingerprint density at radius 2 is 1.70 bits per heavy atom. The second kappa shape index (κ2) is 10.5. The predicted molar refractivity (Wildman–Crippen MR) is 134 cm³/mol. The van der Waals surface area contributed by atoms with Gasteiger partial charge in [0.05, 0.1) is 19.0 Å². The van der Waals surface area contributed by atoms with Crippen LogP contribution in [-0.2, 0) is 17.3 Å². The highest BCUT2D eigenvalue weighted by Crippen LogP contribution is 2.37. The molecule has 0 bridgehead atoms. The van der Waals surface area contributed by atoms with Crippen LogP contribution in [-0.4, -0.2) is 61.5 Å². The van der Waals surface area contributed by atoms with Crippen LogP contribution in [0, 0.1) is 10.5 Å². The average molecular weight is 593 g/mol. The molecule has 1 aliphatic heterocycles.